The predicted molar refractivity (Wildman–Crippen MR) is 80.3 cm³/mol. The summed E-state index contributed by atoms with van der Waals surface area (Å²) in [5.41, 5.74) is 6.37. The molecular weight excluding hydrogens is 328 g/mol. The number of hydrogen-bond donors (Lipinski definition) is 2. The van der Waals surface area contributed by atoms with Crippen LogP contribution in [0.3, 0.4) is 0 Å². The Morgan fingerprint density at radius 1 is 1.42 bits per heavy atom. The molecule has 1 saturated carbocycles. The Bertz CT molecular complexity index is 584. The Labute approximate surface area is 122 Å². The van der Waals surface area contributed by atoms with Gasteiger partial charge in [0.15, 0.2) is 0 Å². The Balaban J connectivity index is 2.17. The van der Waals surface area contributed by atoms with Gasteiger partial charge in [-0.3, -0.25) is 0 Å². The second-order valence-corrected chi connectivity index (χ2v) is 8.48. The van der Waals surface area contributed by atoms with Gasteiger partial charge in [0.25, 0.3) is 0 Å². The third kappa shape index (κ3) is 3.49. The molecule has 19 heavy (non-hydrogen) atoms. The van der Waals surface area contributed by atoms with Crippen molar-refractivity contribution in [3.63, 3.8) is 0 Å². The summed E-state index contributed by atoms with van der Waals surface area (Å²) in [5.74, 6) is 0. The van der Waals surface area contributed by atoms with Crippen LogP contribution >= 0.6 is 15.9 Å². The highest BCUT2D eigenvalue weighted by atomic mass is 79.9. The summed E-state index contributed by atoms with van der Waals surface area (Å²) in [6, 6.07) is 4.71. The second kappa shape index (κ2) is 5.07. The van der Waals surface area contributed by atoms with Gasteiger partial charge in [-0.2, -0.15) is 0 Å². The monoisotopic (exact) mass is 346 g/mol. The lowest BCUT2D eigenvalue weighted by Crippen LogP contribution is -2.33. The van der Waals surface area contributed by atoms with Crippen molar-refractivity contribution < 1.29 is 8.42 Å². The first-order valence-corrected chi connectivity index (χ1v) is 8.55. The van der Waals surface area contributed by atoms with Gasteiger partial charge >= 0.3 is 0 Å². The van der Waals surface area contributed by atoms with Crippen molar-refractivity contribution in [1.29, 1.82) is 0 Å². The first-order chi connectivity index (χ1) is 8.70. The van der Waals surface area contributed by atoms with E-state index in [2.05, 4.69) is 34.5 Å². The summed E-state index contributed by atoms with van der Waals surface area (Å²) in [5, 5.41) is 0. The molecule has 2 rings (SSSR count). The Morgan fingerprint density at radius 2 is 2.11 bits per heavy atom. The minimum atomic E-state index is -3.48. The summed E-state index contributed by atoms with van der Waals surface area (Å²) in [4.78, 5) is 0.220. The fourth-order valence-corrected chi connectivity index (χ4v) is 4.07. The molecule has 0 radical (unpaired) electrons. The highest BCUT2D eigenvalue weighted by molar-refractivity contribution is 9.10. The molecule has 0 aromatic heterocycles. The van der Waals surface area contributed by atoms with E-state index in [0.29, 0.717) is 10.2 Å². The zero-order chi connectivity index (χ0) is 14.3. The van der Waals surface area contributed by atoms with E-state index >= 15 is 0 Å². The number of nitrogens with two attached hydrogens (primary N) is 1. The molecule has 1 aliphatic rings. The quantitative estimate of drug-likeness (QED) is 0.826. The molecule has 1 unspecified atom stereocenters. The summed E-state index contributed by atoms with van der Waals surface area (Å²) in [6.07, 6.45) is 2.80. The fourth-order valence-electron chi connectivity index (χ4n) is 2.51. The molecule has 0 heterocycles. The van der Waals surface area contributed by atoms with E-state index in [-0.39, 0.29) is 16.4 Å². The summed E-state index contributed by atoms with van der Waals surface area (Å²) in [7, 11) is -3.48. The van der Waals surface area contributed by atoms with Crippen LogP contribution in [0, 0.1) is 5.41 Å². The molecule has 106 valence electrons. The van der Waals surface area contributed by atoms with Gasteiger partial charge < -0.3 is 5.73 Å². The predicted octanol–water partition coefficient (Wildman–Crippen LogP) is 2.89. The molecule has 0 bridgehead atoms. The summed E-state index contributed by atoms with van der Waals surface area (Å²) < 4.78 is 28.0. The number of nitrogen functional groups attached to an aromatic ring is 1. The number of nitrogens with one attached hydrogen (secondary N) is 1. The zero-order valence-corrected chi connectivity index (χ0v) is 13.5. The molecule has 1 fully saturated rings. The van der Waals surface area contributed by atoms with Crippen LogP contribution in [0.25, 0.3) is 0 Å². The maximum Gasteiger partial charge on any atom is 0.240 e. The third-order valence-electron chi connectivity index (χ3n) is 3.57. The van der Waals surface area contributed by atoms with Crippen molar-refractivity contribution in [1.82, 2.24) is 4.72 Å². The molecule has 1 aromatic rings. The second-order valence-electron chi connectivity index (χ2n) is 5.91. The number of benzene rings is 1. The molecule has 0 spiro atoms. The van der Waals surface area contributed by atoms with Crippen molar-refractivity contribution in [2.75, 3.05) is 5.73 Å². The third-order valence-corrected chi connectivity index (χ3v) is 5.81. The number of halogens is 1. The van der Waals surface area contributed by atoms with Crippen molar-refractivity contribution in [3.05, 3.63) is 22.7 Å². The molecule has 0 amide bonds. The fraction of sp³-hybridized carbons (Fsp3) is 0.538. The lowest BCUT2D eigenvalue weighted by molar-refractivity contribution is 0.372. The maximum absolute atomic E-state index is 12.3. The Hall–Kier alpha value is -0.590. The van der Waals surface area contributed by atoms with Crippen LogP contribution < -0.4 is 10.5 Å². The van der Waals surface area contributed by atoms with Crippen LogP contribution in [0.5, 0.6) is 0 Å². The Morgan fingerprint density at radius 3 is 2.63 bits per heavy atom. The minimum Gasteiger partial charge on any atom is -0.398 e. The number of hydrogen-bond acceptors (Lipinski definition) is 3. The normalized spacial score (nSPS) is 22.6. The highest BCUT2D eigenvalue weighted by Crippen LogP contribution is 2.37. The molecule has 6 heteroatoms. The van der Waals surface area contributed by atoms with Crippen LogP contribution in [-0.2, 0) is 10.0 Å². The van der Waals surface area contributed by atoms with Crippen LogP contribution in [0.1, 0.15) is 33.1 Å². The molecule has 0 saturated heterocycles. The molecule has 3 N–H and O–H groups in total. The summed E-state index contributed by atoms with van der Waals surface area (Å²) in [6.45, 7) is 4.33. The zero-order valence-electron chi connectivity index (χ0n) is 11.1. The van der Waals surface area contributed by atoms with Gasteiger partial charge in [-0.15, -0.1) is 0 Å². The average Bonchev–Trinajstić information content (AvgIpc) is 2.61. The van der Waals surface area contributed by atoms with Gasteiger partial charge in [0, 0.05) is 16.2 Å². The van der Waals surface area contributed by atoms with Crippen LogP contribution in [0.15, 0.2) is 27.6 Å². The molecule has 1 aliphatic carbocycles. The standard InChI is InChI=1S/C13H19BrN2O2S/c1-13(2)6-5-9(8-13)16-19(17,18)10-3-4-11(14)12(15)7-10/h3-4,7,9,16H,5-6,8,15H2,1-2H3. The molecular formula is C13H19BrN2O2S. The highest BCUT2D eigenvalue weighted by Gasteiger charge is 2.33. The maximum atomic E-state index is 12.3. The van der Waals surface area contributed by atoms with Crippen molar-refractivity contribution in [2.24, 2.45) is 5.41 Å². The Kier molecular flexibility index (Phi) is 3.95. The molecule has 1 aromatic carbocycles. The van der Waals surface area contributed by atoms with E-state index in [1.165, 1.54) is 6.07 Å². The molecule has 4 nitrogen and oxygen atoms in total. The van der Waals surface area contributed by atoms with E-state index in [9.17, 15) is 8.42 Å². The lowest BCUT2D eigenvalue weighted by Gasteiger charge is -2.18. The largest absolute Gasteiger partial charge is 0.398 e. The van der Waals surface area contributed by atoms with Gasteiger partial charge in [0.05, 0.1) is 4.90 Å². The van der Waals surface area contributed by atoms with Crippen LogP contribution in [0.4, 0.5) is 5.69 Å². The topological polar surface area (TPSA) is 72.2 Å². The van der Waals surface area contributed by atoms with E-state index in [4.69, 9.17) is 5.73 Å². The lowest BCUT2D eigenvalue weighted by atomic mass is 9.92. The van der Waals surface area contributed by atoms with E-state index in [1.54, 1.807) is 12.1 Å². The van der Waals surface area contributed by atoms with Crippen molar-refractivity contribution >= 4 is 31.6 Å². The SMILES string of the molecule is CC1(C)CCC(NS(=O)(=O)c2ccc(Br)c(N)c2)C1. The van der Waals surface area contributed by atoms with Gasteiger partial charge in [-0.25, -0.2) is 13.1 Å². The summed E-state index contributed by atoms with van der Waals surface area (Å²) >= 11 is 3.26. The first kappa shape index (κ1) is 14.8. The number of rotatable bonds is 3. The minimum absolute atomic E-state index is 0.0184. The number of anilines is 1. The van der Waals surface area contributed by atoms with E-state index < -0.39 is 10.0 Å². The van der Waals surface area contributed by atoms with E-state index in [0.717, 1.165) is 19.3 Å². The average molecular weight is 347 g/mol. The van der Waals surface area contributed by atoms with Crippen molar-refractivity contribution in [3.8, 4) is 0 Å². The van der Waals surface area contributed by atoms with Gasteiger partial charge in [0.2, 0.25) is 10.0 Å². The first-order valence-electron chi connectivity index (χ1n) is 6.27. The van der Waals surface area contributed by atoms with Crippen LogP contribution in [0.2, 0.25) is 0 Å². The van der Waals surface area contributed by atoms with Crippen molar-refractivity contribution in [2.45, 2.75) is 44.0 Å². The smallest absolute Gasteiger partial charge is 0.240 e. The van der Waals surface area contributed by atoms with Crippen LogP contribution in [-0.4, -0.2) is 14.5 Å². The van der Waals surface area contributed by atoms with E-state index in [1.807, 2.05) is 0 Å². The molecule has 0 aliphatic heterocycles. The number of sulfonamides is 1. The molecule has 1 atom stereocenters. The van der Waals surface area contributed by atoms with Gasteiger partial charge in [-0.05, 0) is 58.8 Å². The van der Waals surface area contributed by atoms with Gasteiger partial charge in [0.1, 0.15) is 0 Å². The van der Waals surface area contributed by atoms with Gasteiger partial charge in [-0.1, -0.05) is 13.8 Å².